The summed E-state index contributed by atoms with van der Waals surface area (Å²) in [5.41, 5.74) is 2.06. The standard InChI is InChI=1S/C20H22N4O3/c25-20-19(10-11-23(20)17-4-2-1-3-5-17)22-14-12-21(13-15-22)16-6-8-18(9-7-16)24(26)27/h1-9,19H,10-15H2. The van der Waals surface area contributed by atoms with Crippen LogP contribution < -0.4 is 9.80 Å². The van der Waals surface area contributed by atoms with Crippen molar-refractivity contribution >= 4 is 23.0 Å². The summed E-state index contributed by atoms with van der Waals surface area (Å²) in [5.74, 6) is 0.185. The van der Waals surface area contributed by atoms with Gasteiger partial charge in [-0.25, -0.2) is 0 Å². The van der Waals surface area contributed by atoms with Crippen molar-refractivity contribution in [3.63, 3.8) is 0 Å². The Morgan fingerprint density at radius 3 is 2.15 bits per heavy atom. The van der Waals surface area contributed by atoms with E-state index in [0.717, 1.165) is 50.5 Å². The van der Waals surface area contributed by atoms with Crippen molar-refractivity contribution < 1.29 is 9.72 Å². The van der Waals surface area contributed by atoms with Gasteiger partial charge in [0.25, 0.3) is 5.69 Å². The number of carbonyl (C=O) groups is 1. The Kier molecular flexibility index (Phi) is 4.77. The predicted molar refractivity (Wildman–Crippen MR) is 104 cm³/mol. The fourth-order valence-electron chi connectivity index (χ4n) is 3.94. The molecule has 7 heteroatoms. The Hall–Kier alpha value is -2.93. The Balaban J connectivity index is 1.37. The molecule has 2 aliphatic rings. The van der Waals surface area contributed by atoms with Crippen LogP contribution in [-0.2, 0) is 4.79 Å². The monoisotopic (exact) mass is 366 g/mol. The van der Waals surface area contributed by atoms with Crippen LogP contribution in [0.2, 0.25) is 0 Å². The van der Waals surface area contributed by atoms with E-state index in [4.69, 9.17) is 0 Å². The summed E-state index contributed by atoms with van der Waals surface area (Å²) in [5, 5.41) is 10.8. The quantitative estimate of drug-likeness (QED) is 0.614. The number of hydrogen-bond donors (Lipinski definition) is 0. The number of hydrogen-bond acceptors (Lipinski definition) is 5. The number of non-ortho nitro benzene ring substituents is 1. The SMILES string of the molecule is O=C1C(N2CCN(c3ccc([N+](=O)[O-])cc3)CC2)CCN1c1ccccc1. The number of carbonyl (C=O) groups excluding carboxylic acids is 1. The van der Waals surface area contributed by atoms with Crippen molar-refractivity contribution in [2.45, 2.75) is 12.5 Å². The third-order valence-corrected chi connectivity index (χ3v) is 5.43. The van der Waals surface area contributed by atoms with Crippen molar-refractivity contribution in [1.29, 1.82) is 0 Å². The normalized spacial score (nSPS) is 20.9. The lowest BCUT2D eigenvalue weighted by Gasteiger charge is -2.38. The smallest absolute Gasteiger partial charge is 0.269 e. The van der Waals surface area contributed by atoms with Gasteiger partial charge in [0.15, 0.2) is 0 Å². The first-order chi connectivity index (χ1) is 13.1. The second-order valence-corrected chi connectivity index (χ2v) is 6.93. The molecule has 27 heavy (non-hydrogen) atoms. The average molecular weight is 366 g/mol. The zero-order valence-electron chi connectivity index (χ0n) is 15.0. The Morgan fingerprint density at radius 1 is 0.852 bits per heavy atom. The first-order valence-corrected chi connectivity index (χ1v) is 9.23. The molecule has 1 amide bonds. The summed E-state index contributed by atoms with van der Waals surface area (Å²) in [4.78, 5) is 29.6. The van der Waals surface area contributed by atoms with E-state index >= 15 is 0 Å². The molecule has 0 N–H and O–H groups in total. The van der Waals surface area contributed by atoms with Gasteiger partial charge in [-0.1, -0.05) is 18.2 Å². The molecule has 2 saturated heterocycles. The Bertz CT molecular complexity index is 817. The van der Waals surface area contributed by atoms with Gasteiger partial charge in [0, 0.05) is 56.2 Å². The van der Waals surface area contributed by atoms with Crippen LogP contribution in [0.3, 0.4) is 0 Å². The molecule has 0 aromatic heterocycles. The molecule has 1 atom stereocenters. The van der Waals surface area contributed by atoms with Gasteiger partial charge in [-0.2, -0.15) is 0 Å². The van der Waals surface area contributed by atoms with Crippen LogP contribution in [0.25, 0.3) is 0 Å². The number of anilines is 2. The maximum absolute atomic E-state index is 12.9. The molecule has 0 aliphatic carbocycles. The summed E-state index contributed by atoms with van der Waals surface area (Å²) < 4.78 is 0. The average Bonchev–Trinajstić information content (AvgIpc) is 3.10. The summed E-state index contributed by atoms with van der Waals surface area (Å²) in [6, 6.07) is 16.5. The molecule has 0 bridgehead atoms. The van der Waals surface area contributed by atoms with Gasteiger partial charge < -0.3 is 9.80 Å². The second-order valence-electron chi connectivity index (χ2n) is 6.93. The van der Waals surface area contributed by atoms with Gasteiger partial charge in [-0.05, 0) is 30.7 Å². The largest absolute Gasteiger partial charge is 0.369 e. The highest BCUT2D eigenvalue weighted by molar-refractivity contribution is 5.99. The molecule has 1 unspecified atom stereocenters. The molecule has 2 heterocycles. The molecule has 2 aromatic rings. The van der Waals surface area contributed by atoms with Gasteiger partial charge in [0.05, 0.1) is 11.0 Å². The first kappa shape index (κ1) is 17.5. The van der Waals surface area contributed by atoms with Gasteiger partial charge in [0.2, 0.25) is 5.91 Å². The van der Waals surface area contributed by atoms with Crippen LogP contribution in [0.1, 0.15) is 6.42 Å². The number of benzene rings is 2. The summed E-state index contributed by atoms with van der Waals surface area (Å²) in [6.45, 7) is 4.02. The number of nitro groups is 1. The van der Waals surface area contributed by atoms with Crippen molar-refractivity contribution in [3.05, 3.63) is 64.7 Å². The third-order valence-electron chi connectivity index (χ3n) is 5.43. The molecule has 0 saturated carbocycles. The highest BCUT2D eigenvalue weighted by Crippen LogP contribution is 2.26. The molecule has 2 aliphatic heterocycles. The molecule has 2 fully saturated rings. The zero-order valence-corrected chi connectivity index (χ0v) is 15.0. The fourth-order valence-corrected chi connectivity index (χ4v) is 3.94. The molecule has 7 nitrogen and oxygen atoms in total. The second kappa shape index (κ2) is 7.36. The van der Waals surface area contributed by atoms with Crippen LogP contribution in [0.4, 0.5) is 17.1 Å². The van der Waals surface area contributed by atoms with Crippen molar-refractivity contribution in [1.82, 2.24) is 4.90 Å². The minimum absolute atomic E-state index is 0.0517. The van der Waals surface area contributed by atoms with Gasteiger partial charge in [-0.15, -0.1) is 0 Å². The minimum atomic E-state index is -0.383. The van der Waals surface area contributed by atoms with Gasteiger partial charge >= 0.3 is 0 Å². The van der Waals surface area contributed by atoms with E-state index in [1.54, 1.807) is 24.3 Å². The maximum Gasteiger partial charge on any atom is 0.269 e. The van der Waals surface area contributed by atoms with E-state index in [0.29, 0.717) is 0 Å². The fraction of sp³-hybridized carbons (Fsp3) is 0.350. The molecular weight excluding hydrogens is 344 g/mol. The predicted octanol–water partition coefficient (Wildman–Crippen LogP) is 2.52. The van der Waals surface area contributed by atoms with E-state index in [1.165, 1.54) is 0 Å². The number of nitro benzene ring substituents is 1. The number of amides is 1. The van der Waals surface area contributed by atoms with E-state index in [9.17, 15) is 14.9 Å². The van der Waals surface area contributed by atoms with Crippen molar-refractivity contribution in [2.75, 3.05) is 42.5 Å². The lowest BCUT2D eigenvalue weighted by atomic mass is 10.1. The van der Waals surface area contributed by atoms with E-state index in [1.807, 2.05) is 35.2 Å². The lowest BCUT2D eigenvalue weighted by Crippen LogP contribution is -2.52. The summed E-state index contributed by atoms with van der Waals surface area (Å²) >= 11 is 0. The Morgan fingerprint density at radius 2 is 1.52 bits per heavy atom. The van der Waals surface area contributed by atoms with Crippen LogP contribution in [0.5, 0.6) is 0 Å². The molecule has 0 spiro atoms. The molecule has 4 rings (SSSR count). The van der Waals surface area contributed by atoms with Crippen molar-refractivity contribution in [3.8, 4) is 0 Å². The van der Waals surface area contributed by atoms with Crippen LogP contribution in [0, 0.1) is 10.1 Å². The third kappa shape index (κ3) is 3.50. The highest BCUT2D eigenvalue weighted by atomic mass is 16.6. The summed E-state index contributed by atoms with van der Waals surface area (Å²) in [6.07, 6.45) is 0.852. The molecular formula is C20H22N4O3. The number of rotatable bonds is 4. The topological polar surface area (TPSA) is 69.9 Å². The zero-order chi connectivity index (χ0) is 18.8. The minimum Gasteiger partial charge on any atom is -0.369 e. The van der Waals surface area contributed by atoms with Crippen LogP contribution >= 0.6 is 0 Å². The molecule has 0 radical (unpaired) electrons. The van der Waals surface area contributed by atoms with Gasteiger partial charge in [-0.3, -0.25) is 19.8 Å². The Labute approximate surface area is 157 Å². The van der Waals surface area contributed by atoms with E-state index in [2.05, 4.69) is 9.80 Å². The van der Waals surface area contributed by atoms with Gasteiger partial charge in [0.1, 0.15) is 0 Å². The number of nitrogens with zero attached hydrogens (tertiary/aromatic N) is 4. The number of piperazine rings is 1. The van der Waals surface area contributed by atoms with E-state index < -0.39 is 0 Å². The summed E-state index contributed by atoms with van der Waals surface area (Å²) in [7, 11) is 0. The van der Waals surface area contributed by atoms with E-state index in [-0.39, 0.29) is 22.6 Å². The van der Waals surface area contributed by atoms with Crippen LogP contribution in [-0.4, -0.2) is 54.5 Å². The molecule has 2 aromatic carbocycles. The van der Waals surface area contributed by atoms with Crippen LogP contribution in [0.15, 0.2) is 54.6 Å². The highest BCUT2D eigenvalue weighted by Gasteiger charge is 2.37. The van der Waals surface area contributed by atoms with Crippen molar-refractivity contribution in [2.24, 2.45) is 0 Å². The number of para-hydroxylation sites is 1. The maximum atomic E-state index is 12.9. The first-order valence-electron chi connectivity index (χ1n) is 9.23. The molecule has 140 valence electrons. The lowest BCUT2D eigenvalue weighted by molar-refractivity contribution is -0.384.